The highest BCUT2D eigenvalue weighted by molar-refractivity contribution is 9.10. The van der Waals surface area contributed by atoms with Crippen LogP contribution in [0.4, 0.5) is 11.4 Å². The average molecular weight is 458 g/mol. The Morgan fingerprint density at radius 3 is 2.64 bits per heavy atom. The van der Waals surface area contributed by atoms with Gasteiger partial charge in [0.2, 0.25) is 4.80 Å². The minimum atomic E-state index is -0.512. The summed E-state index contributed by atoms with van der Waals surface area (Å²) in [4.78, 5) is 23.3. The van der Waals surface area contributed by atoms with Gasteiger partial charge in [-0.05, 0) is 23.8 Å². The second-order valence-electron chi connectivity index (χ2n) is 5.96. The molecule has 3 aromatic rings. The Morgan fingerprint density at radius 1 is 1.18 bits per heavy atom. The SMILES string of the molecule is Cn1c(-c2ccc(Br)cc2)cs/c1=N/N=C1\C(=O)Nc2ccc([N+](=O)[O-])cc21. The van der Waals surface area contributed by atoms with Gasteiger partial charge in [0.05, 0.1) is 16.3 Å². The summed E-state index contributed by atoms with van der Waals surface area (Å²) in [6.07, 6.45) is 0. The first-order chi connectivity index (χ1) is 13.4. The summed E-state index contributed by atoms with van der Waals surface area (Å²) in [6, 6.07) is 12.0. The Balaban J connectivity index is 1.75. The zero-order valence-electron chi connectivity index (χ0n) is 14.4. The maximum Gasteiger partial charge on any atom is 0.276 e. The number of aromatic nitrogens is 1. The van der Waals surface area contributed by atoms with Crippen LogP contribution in [0, 0.1) is 10.1 Å². The summed E-state index contributed by atoms with van der Waals surface area (Å²) < 4.78 is 2.87. The van der Waals surface area contributed by atoms with Gasteiger partial charge in [-0.25, -0.2) is 0 Å². The van der Waals surface area contributed by atoms with E-state index in [1.54, 1.807) is 0 Å². The number of rotatable bonds is 3. The number of thiazole rings is 1. The van der Waals surface area contributed by atoms with E-state index >= 15 is 0 Å². The summed E-state index contributed by atoms with van der Waals surface area (Å²) in [5, 5.41) is 23.9. The van der Waals surface area contributed by atoms with Crippen LogP contribution in [-0.4, -0.2) is 21.1 Å². The number of non-ortho nitro benzene ring substituents is 1. The van der Waals surface area contributed by atoms with Gasteiger partial charge in [-0.1, -0.05) is 28.1 Å². The Morgan fingerprint density at radius 2 is 1.93 bits per heavy atom. The van der Waals surface area contributed by atoms with Crippen LogP contribution in [-0.2, 0) is 11.8 Å². The van der Waals surface area contributed by atoms with Gasteiger partial charge in [-0.15, -0.1) is 21.5 Å². The van der Waals surface area contributed by atoms with Gasteiger partial charge in [-0.3, -0.25) is 14.9 Å². The van der Waals surface area contributed by atoms with Crippen molar-refractivity contribution < 1.29 is 9.72 Å². The Kier molecular flexibility index (Phi) is 4.65. The summed E-state index contributed by atoms with van der Waals surface area (Å²) >= 11 is 4.80. The number of fused-ring (bicyclic) bond motifs is 1. The molecule has 140 valence electrons. The lowest BCUT2D eigenvalue weighted by atomic mass is 10.1. The minimum Gasteiger partial charge on any atom is -0.320 e. The minimum absolute atomic E-state index is 0.0530. The highest BCUT2D eigenvalue weighted by atomic mass is 79.9. The number of nitro groups is 1. The molecule has 0 radical (unpaired) electrons. The molecule has 28 heavy (non-hydrogen) atoms. The molecular formula is C18H12BrN5O3S. The lowest BCUT2D eigenvalue weighted by Crippen LogP contribution is -2.15. The van der Waals surface area contributed by atoms with Crippen LogP contribution < -0.4 is 10.1 Å². The van der Waals surface area contributed by atoms with Crippen molar-refractivity contribution in [2.24, 2.45) is 17.3 Å². The average Bonchev–Trinajstić information content (AvgIpc) is 3.19. The smallest absolute Gasteiger partial charge is 0.276 e. The summed E-state index contributed by atoms with van der Waals surface area (Å²) in [6.45, 7) is 0. The quantitative estimate of drug-likeness (QED) is 0.479. The highest BCUT2D eigenvalue weighted by Crippen LogP contribution is 2.28. The van der Waals surface area contributed by atoms with Gasteiger partial charge < -0.3 is 9.88 Å². The lowest BCUT2D eigenvalue weighted by molar-refractivity contribution is -0.384. The molecule has 0 fully saturated rings. The maximum atomic E-state index is 12.2. The van der Waals surface area contributed by atoms with Crippen molar-refractivity contribution in [2.45, 2.75) is 0 Å². The molecular weight excluding hydrogens is 446 g/mol. The molecule has 8 nitrogen and oxygen atoms in total. The monoisotopic (exact) mass is 457 g/mol. The zero-order valence-corrected chi connectivity index (χ0v) is 16.8. The van der Waals surface area contributed by atoms with Crippen LogP contribution in [0.25, 0.3) is 11.3 Å². The molecule has 0 spiro atoms. The van der Waals surface area contributed by atoms with E-state index in [1.165, 1.54) is 29.5 Å². The number of hydrogen-bond donors (Lipinski definition) is 1. The number of amides is 1. The third-order valence-electron chi connectivity index (χ3n) is 4.23. The fourth-order valence-electron chi connectivity index (χ4n) is 2.79. The van der Waals surface area contributed by atoms with Crippen molar-refractivity contribution >= 4 is 50.3 Å². The van der Waals surface area contributed by atoms with Crippen molar-refractivity contribution in [2.75, 3.05) is 5.32 Å². The first-order valence-corrected chi connectivity index (χ1v) is 9.73. The largest absolute Gasteiger partial charge is 0.320 e. The zero-order chi connectivity index (χ0) is 19.8. The topological polar surface area (TPSA) is 102 Å². The van der Waals surface area contributed by atoms with Gasteiger partial charge in [0.1, 0.15) is 0 Å². The van der Waals surface area contributed by atoms with Gasteiger partial charge in [0.15, 0.2) is 5.71 Å². The Labute approximate surface area is 171 Å². The second-order valence-corrected chi connectivity index (χ2v) is 7.71. The van der Waals surface area contributed by atoms with Crippen molar-refractivity contribution in [1.82, 2.24) is 4.57 Å². The predicted molar refractivity (Wildman–Crippen MR) is 110 cm³/mol. The number of carbonyl (C=O) groups is 1. The van der Waals surface area contributed by atoms with E-state index in [9.17, 15) is 14.9 Å². The van der Waals surface area contributed by atoms with Crippen LogP contribution in [0.15, 0.2) is 62.5 Å². The van der Waals surface area contributed by atoms with Crippen LogP contribution in [0.5, 0.6) is 0 Å². The number of nitro benzene ring substituents is 1. The number of anilines is 1. The molecule has 1 aliphatic heterocycles. The van der Waals surface area contributed by atoms with E-state index in [2.05, 4.69) is 31.4 Å². The fraction of sp³-hybridized carbons (Fsp3) is 0.0556. The fourth-order valence-corrected chi connectivity index (χ4v) is 3.91. The molecule has 1 amide bonds. The second kappa shape index (κ2) is 7.13. The number of nitrogens with one attached hydrogen (secondary N) is 1. The van der Waals surface area contributed by atoms with Crippen molar-refractivity contribution in [3.05, 3.63) is 72.8 Å². The predicted octanol–water partition coefficient (Wildman–Crippen LogP) is 3.68. The molecule has 0 saturated carbocycles. The maximum absolute atomic E-state index is 12.2. The molecule has 1 N–H and O–H groups in total. The van der Waals surface area contributed by atoms with E-state index < -0.39 is 10.8 Å². The molecule has 0 atom stereocenters. The molecule has 0 saturated heterocycles. The third-order valence-corrected chi connectivity index (χ3v) is 5.67. The standard InChI is InChI=1S/C18H12BrN5O3S/c1-23-15(10-2-4-11(19)5-3-10)9-28-18(23)22-21-16-13-8-12(24(26)27)6-7-14(13)20-17(16)25/h2-9H,1H3,(H,20,21,25)/b22-18+. The first-order valence-electron chi connectivity index (χ1n) is 8.06. The van der Waals surface area contributed by atoms with Gasteiger partial charge in [0, 0.05) is 34.6 Å². The van der Waals surface area contributed by atoms with E-state index in [1.807, 2.05) is 41.3 Å². The molecule has 0 unspecified atom stereocenters. The van der Waals surface area contributed by atoms with Crippen molar-refractivity contribution in [3.8, 4) is 11.3 Å². The van der Waals surface area contributed by atoms with Crippen LogP contribution in [0.3, 0.4) is 0 Å². The van der Waals surface area contributed by atoms with E-state index in [-0.39, 0.29) is 11.4 Å². The molecule has 10 heteroatoms. The van der Waals surface area contributed by atoms with Crippen molar-refractivity contribution in [3.63, 3.8) is 0 Å². The van der Waals surface area contributed by atoms with Crippen LogP contribution in [0.2, 0.25) is 0 Å². The summed E-state index contributed by atoms with van der Waals surface area (Å²) in [5.74, 6) is -0.438. The Hall–Kier alpha value is -3.11. The summed E-state index contributed by atoms with van der Waals surface area (Å²) in [7, 11) is 1.86. The molecule has 2 heterocycles. The summed E-state index contributed by atoms with van der Waals surface area (Å²) in [5.41, 5.74) is 2.78. The number of halogens is 1. The Bertz CT molecular complexity index is 1210. The van der Waals surface area contributed by atoms with Crippen molar-refractivity contribution in [1.29, 1.82) is 0 Å². The van der Waals surface area contributed by atoms with Gasteiger partial charge >= 0.3 is 0 Å². The molecule has 0 bridgehead atoms. The van der Waals surface area contributed by atoms with Crippen LogP contribution >= 0.6 is 27.3 Å². The molecule has 4 rings (SSSR count). The number of benzene rings is 2. The molecule has 2 aromatic carbocycles. The van der Waals surface area contributed by atoms with E-state index in [0.29, 0.717) is 16.1 Å². The highest BCUT2D eigenvalue weighted by Gasteiger charge is 2.28. The first kappa shape index (κ1) is 18.3. The van der Waals surface area contributed by atoms with Gasteiger partial charge in [-0.2, -0.15) is 0 Å². The number of hydrogen-bond acceptors (Lipinski definition) is 6. The van der Waals surface area contributed by atoms with Gasteiger partial charge in [0.25, 0.3) is 11.6 Å². The number of carbonyl (C=O) groups excluding carboxylic acids is 1. The third kappa shape index (κ3) is 3.27. The normalized spacial score (nSPS) is 15.0. The molecule has 1 aromatic heterocycles. The van der Waals surface area contributed by atoms with E-state index in [4.69, 9.17) is 0 Å². The lowest BCUT2D eigenvalue weighted by Gasteiger charge is -2.02. The van der Waals surface area contributed by atoms with E-state index in [0.717, 1.165) is 15.7 Å². The van der Waals surface area contributed by atoms with Crippen LogP contribution in [0.1, 0.15) is 5.56 Å². The molecule has 1 aliphatic rings. The molecule has 0 aliphatic carbocycles. The number of nitrogens with zero attached hydrogens (tertiary/aromatic N) is 4.